The van der Waals surface area contributed by atoms with Gasteiger partial charge in [0.1, 0.15) is 11.4 Å². The van der Waals surface area contributed by atoms with Crippen LogP contribution in [0.25, 0.3) is 0 Å². The average Bonchev–Trinajstić information content (AvgIpc) is 2.60. The maximum absolute atomic E-state index is 12.8. The largest absolute Gasteiger partial charge is 0.497 e. The van der Waals surface area contributed by atoms with Crippen molar-refractivity contribution >= 4 is 11.9 Å². The predicted octanol–water partition coefficient (Wildman–Crippen LogP) is 3.54. The van der Waals surface area contributed by atoms with Crippen LogP contribution in [-0.2, 0) is 16.5 Å². The third-order valence-corrected chi connectivity index (χ3v) is 4.22. The average molecular weight is 396 g/mol. The number of hydrogen-bond donors (Lipinski definition) is 2. The van der Waals surface area contributed by atoms with Crippen LogP contribution in [0.1, 0.15) is 40.7 Å². The van der Waals surface area contributed by atoms with Crippen molar-refractivity contribution in [2.45, 2.75) is 32.0 Å². The number of ether oxygens (including phenoxy) is 1. The number of halogens is 3. The molecule has 1 heterocycles. The van der Waals surface area contributed by atoms with Crippen LogP contribution >= 0.6 is 0 Å². The highest BCUT2D eigenvalue weighted by Crippen LogP contribution is 2.30. The van der Waals surface area contributed by atoms with Gasteiger partial charge in [0.25, 0.3) is 5.91 Å². The minimum atomic E-state index is -4.63. The molecule has 28 heavy (non-hydrogen) atoms. The minimum absolute atomic E-state index is 0.0764. The van der Waals surface area contributed by atoms with Crippen molar-refractivity contribution in [2.24, 2.45) is 0 Å². The molecular formula is C19H19F3N2O4. The smallest absolute Gasteiger partial charge is 0.433 e. The molecule has 1 aromatic carbocycles. The lowest BCUT2D eigenvalue weighted by molar-refractivity contribution is -0.141. The summed E-state index contributed by atoms with van der Waals surface area (Å²) in [5, 5.41) is 11.9. The van der Waals surface area contributed by atoms with Crippen molar-refractivity contribution in [1.82, 2.24) is 10.3 Å². The fourth-order valence-corrected chi connectivity index (χ4v) is 2.76. The molecule has 0 saturated carbocycles. The van der Waals surface area contributed by atoms with Gasteiger partial charge in [0.05, 0.1) is 30.3 Å². The van der Waals surface area contributed by atoms with Crippen molar-refractivity contribution < 1.29 is 32.6 Å². The lowest BCUT2D eigenvalue weighted by Crippen LogP contribution is -2.45. The molecule has 1 atom stereocenters. The maximum Gasteiger partial charge on any atom is 0.433 e. The van der Waals surface area contributed by atoms with Crippen molar-refractivity contribution in [1.29, 1.82) is 0 Å². The van der Waals surface area contributed by atoms with E-state index in [1.165, 1.54) is 21.0 Å². The Hall–Kier alpha value is -3.10. The molecule has 0 radical (unpaired) electrons. The zero-order valence-corrected chi connectivity index (χ0v) is 15.4. The number of carboxylic acid groups (broad SMARTS) is 1. The van der Waals surface area contributed by atoms with E-state index in [-0.39, 0.29) is 11.3 Å². The number of amides is 1. The van der Waals surface area contributed by atoms with Crippen LogP contribution in [0.4, 0.5) is 13.2 Å². The number of benzene rings is 1. The van der Waals surface area contributed by atoms with Crippen molar-refractivity contribution in [2.75, 3.05) is 7.11 Å². The molecule has 9 heteroatoms. The summed E-state index contributed by atoms with van der Waals surface area (Å²) in [6, 6.07) is 8.25. The molecule has 0 aliphatic rings. The van der Waals surface area contributed by atoms with Crippen molar-refractivity contribution in [3.63, 3.8) is 0 Å². The number of aryl methyl sites for hydroxylation is 1. The molecule has 0 saturated heterocycles. The van der Waals surface area contributed by atoms with Gasteiger partial charge in [0, 0.05) is 0 Å². The molecule has 1 amide bonds. The third-order valence-electron chi connectivity index (χ3n) is 4.22. The van der Waals surface area contributed by atoms with E-state index in [1.807, 2.05) is 0 Å². The topological polar surface area (TPSA) is 88.5 Å². The van der Waals surface area contributed by atoms with Crippen molar-refractivity contribution in [3.8, 4) is 5.75 Å². The van der Waals surface area contributed by atoms with Gasteiger partial charge in [-0.2, -0.15) is 13.2 Å². The summed E-state index contributed by atoms with van der Waals surface area (Å²) in [7, 11) is 1.45. The van der Waals surface area contributed by atoms with Gasteiger partial charge in [-0.25, -0.2) is 4.98 Å². The number of alkyl halides is 3. The Kier molecular flexibility index (Phi) is 5.96. The van der Waals surface area contributed by atoms with E-state index in [0.29, 0.717) is 17.4 Å². The van der Waals surface area contributed by atoms with Gasteiger partial charge < -0.3 is 15.2 Å². The second-order valence-electron chi connectivity index (χ2n) is 6.42. The van der Waals surface area contributed by atoms with Crippen LogP contribution in [0.2, 0.25) is 0 Å². The number of carbonyl (C=O) groups excluding carboxylic acids is 1. The van der Waals surface area contributed by atoms with Gasteiger partial charge in [-0.05, 0) is 43.7 Å². The fourth-order valence-electron chi connectivity index (χ4n) is 2.76. The number of nitrogens with one attached hydrogen (secondary N) is 1. The molecule has 6 nitrogen and oxygen atoms in total. The Morgan fingerprint density at radius 2 is 1.89 bits per heavy atom. The first-order valence-corrected chi connectivity index (χ1v) is 8.20. The highest BCUT2D eigenvalue weighted by molar-refractivity contribution is 5.96. The summed E-state index contributed by atoms with van der Waals surface area (Å²) in [5.41, 5.74) is -2.15. The van der Waals surface area contributed by atoms with E-state index in [0.717, 1.165) is 6.07 Å². The Bertz CT molecular complexity index is 899. The van der Waals surface area contributed by atoms with Gasteiger partial charge in [-0.15, -0.1) is 0 Å². The fraction of sp³-hybridized carbons (Fsp3) is 0.316. The monoisotopic (exact) mass is 396 g/mol. The Morgan fingerprint density at radius 3 is 2.43 bits per heavy atom. The minimum Gasteiger partial charge on any atom is -0.497 e. The van der Waals surface area contributed by atoms with E-state index in [4.69, 9.17) is 4.74 Å². The molecule has 0 spiro atoms. The first-order chi connectivity index (χ1) is 13.0. The summed E-state index contributed by atoms with van der Waals surface area (Å²) in [4.78, 5) is 27.5. The molecule has 2 aromatic rings. The zero-order valence-electron chi connectivity index (χ0n) is 15.4. The molecule has 1 aromatic heterocycles. The van der Waals surface area contributed by atoms with Gasteiger partial charge >= 0.3 is 12.1 Å². The van der Waals surface area contributed by atoms with E-state index in [2.05, 4.69) is 10.3 Å². The molecule has 0 bridgehead atoms. The lowest BCUT2D eigenvalue weighted by atomic mass is 9.88. The molecule has 1 unspecified atom stereocenters. The third kappa shape index (κ3) is 4.79. The van der Waals surface area contributed by atoms with E-state index in [1.54, 1.807) is 24.3 Å². The van der Waals surface area contributed by atoms with Crippen LogP contribution in [0.5, 0.6) is 5.75 Å². The van der Waals surface area contributed by atoms with E-state index < -0.39 is 35.7 Å². The molecule has 0 fully saturated rings. The summed E-state index contributed by atoms with van der Waals surface area (Å²) in [5.74, 6) is -1.42. The quantitative estimate of drug-likeness (QED) is 0.780. The van der Waals surface area contributed by atoms with Crippen LogP contribution in [0.15, 0.2) is 36.4 Å². The van der Waals surface area contributed by atoms with Crippen LogP contribution in [0.3, 0.4) is 0 Å². The number of carboxylic acids is 1. The highest BCUT2D eigenvalue weighted by atomic mass is 19.4. The maximum atomic E-state index is 12.8. The lowest BCUT2D eigenvalue weighted by Gasteiger charge is -2.30. The Morgan fingerprint density at radius 1 is 1.21 bits per heavy atom. The number of nitrogens with zero attached hydrogens (tertiary/aromatic N) is 1. The molecule has 2 N–H and O–H groups in total. The Labute approximate surface area is 159 Å². The number of rotatable bonds is 6. The van der Waals surface area contributed by atoms with E-state index in [9.17, 15) is 27.9 Å². The summed E-state index contributed by atoms with van der Waals surface area (Å²) >= 11 is 0. The first-order valence-electron chi connectivity index (χ1n) is 8.20. The summed E-state index contributed by atoms with van der Waals surface area (Å²) in [6.07, 6.45) is -5.07. The second kappa shape index (κ2) is 7.87. The van der Waals surface area contributed by atoms with Crippen LogP contribution in [0, 0.1) is 6.92 Å². The number of pyridine rings is 1. The number of carbonyl (C=O) groups is 2. The van der Waals surface area contributed by atoms with E-state index >= 15 is 0 Å². The normalized spacial score (nSPS) is 13.5. The van der Waals surface area contributed by atoms with Crippen LogP contribution < -0.4 is 10.1 Å². The van der Waals surface area contributed by atoms with Gasteiger partial charge in [-0.1, -0.05) is 12.1 Å². The molecule has 150 valence electrons. The molecule has 2 rings (SSSR count). The first kappa shape index (κ1) is 21.2. The standard InChI is InChI=1S/C19H19F3N2O4/c1-11-14(7-8-15(23-11)19(20,21)22)17(27)24-18(2,10-16(25)26)12-5-4-6-13(9-12)28-3/h4-9H,10H2,1-3H3,(H,24,27)(H,25,26). The zero-order chi connectivity index (χ0) is 21.1. The van der Waals surface area contributed by atoms with Gasteiger partial charge in [0.15, 0.2) is 0 Å². The SMILES string of the molecule is COc1cccc(C(C)(CC(=O)O)NC(=O)c2ccc(C(F)(F)F)nc2C)c1. The van der Waals surface area contributed by atoms with Crippen LogP contribution in [-0.4, -0.2) is 29.1 Å². The van der Waals surface area contributed by atoms with Crippen molar-refractivity contribution in [3.05, 3.63) is 58.9 Å². The highest BCUT2D eigenvalue weighted by Gasteiger charge is 2.35. The molecule has 0 aliphatic heterocycles. The predicted molar refractivity (Wildman–Crippen MR) is 94.0 cm³/mol. The second-order valence-corrected chi connectivity index (χ2v) is 6.42. The molecule has 0 aliphatic carbocycles. The number of methoxy groups -OCH3 is 1. The Balaban J connectivity index is 2.39. The summed E-state index contributed by atoms with van der Waals surface area (Å²) < 4.78 is 43.4. The number of hydrogen-bond acceptors (Lipinski definition) is 4. The van der Waals surface area contributed by atoms with Gasteiger partial charge in [-0.3, -0.25) is 9.59 Å². The molecular weight excluding hydrogens is 377 g/mol. The number of aromatic nitrogens is 1. The number of aliphatic carboxylic acids is 1. The van der Waals surface area contributed by atoms with Gasteiger partial charge in [0.2, 0.25) is 0 Å². The summed E-state index contributed by atoms with van der Waals surface area (Å²) in [6.45, 7) is 2.80.